The van der Waals surface area contributed by atoms with Crippen LogP contribution in [-0.2, 0) is 12.7 Å². The number of fused-ring (bicyclic) bond motifs is 3. The molecule has 2 aromatic carbocycles. The molecule has 3 heterocycles. The molecule has 1 aliphatic rings. The zero-order valence-electron chi connectivity index (χ0n) is 17.2. The second kappa shape index (κ2) is 8.35. The second-order valence-electron chi connectivity index (χ2n) is 7.86. The highest BCUT2D eigenvalue weighted by molar-refractivity contribution is 6.31. The lowest BCUT2D eigenvalue weighted by molar-refractivity contribution is -0.139. The highest BCUT2D eigenvalue weighted by Crippen LogP contribution is 2.38. The molecule has 4 aromatic rings. The van der Waals surface area contributed by atoms with E-state index in [1.54, 1.807) is 12.1 Å². The fraction of sp³-hybridized carbons (Fsp3) is 0.304. The molecule has 166 valence electrons. The Labute approximate surface area is 187 Å². The Morgan fingerprint density at radius 1 is 0.969 bits per heavy atom. The molecule has 2 aromatic heterocycles. The van der Waals surface area contributed by atoms with Crippen LogP contribution in [0.1, 0.15) is 5.69 Å². The lowest BCUT2D eigenvalue weighted by Gasteiger charge is -2.27. The molecule has 1 N–H and O–H groups in total. The Morgan fingerprint density at radius 3 is 2.44 bits per heavy atom. The Kier molecular flexibility index (Phi) is 5.53. The van der Waals surface area contributed by atoms with Crippen molar-refractivity contribution in [2.45, 2.75) is 12.7 Å². The van der Waals surface area contributed by atoms with Gasteiger partial charge < -0.3 is 9.88 Å². The standard InChI is InChI=1S/C23H21ClF3N5/c24-16-6-7-17-18(14-16)29-21(23(25,26)27)19-20(17)32(13-12-31-10-8-28-9-11-31)22(30-19)15-4-2-1-3-5-15/h1-7,14,28H,8-13H2. The number of nitrogens with one attached hydrogen (secondary N) is 1. The van der Waals surface area contributed by atoms with Crippen LogP contribution in [0.15, 0.2) is 48.5 Å². The number of rotatable bonds is 4. The van der Waals surface area contributed by atoms with E-state index in [1.807, 2.05) is 34.9 Å². The summed E-state index contributed by atoms with van der Waals surface area (Å²) < 4.78 is 43.9. The molecule has 1 saturated heterocycles. The third-order valence-electron chi connectivity index (χ3n) is 5.79. The third kappa shape index (κ3) is 3.94. The second-order valence-corrected chi connectivity index (χ2v) is 8.30. The van der Waals surface area contributed by atoms with Crippen molar-refractivity contribution in [1.82, 2.24) is 24.8 Å². The van der Waals surface area contributed by atoms with Crippen molar-refractivity contribution in [3.63, 3.8) is 0 Å². The highest BCUT2D eigenvalue weighted by atomic mass is 35.5. The van der Waals surface area contributed by atoms with Crippen LogP contribution in [-0.4, -0.2) is 52.2 Å². The van der Waals surface area contributed by atoms with Crippen LogP contribution in [0.4, 0.5) is 13.2 Å². The fourth-order valence-electron chi connectivity index (χ4n) is 4.26. The number of imidazole rings is 1. The number of benzene rings is 2. The SMILES string of the molecule is FC(F)(F)c1nc2cc(Cl)ccc2c2c1nc(-c1ccccc1)n2CCN1CCNCC1. The van der Waals surface area contributed by atoms with Gasteiger partial charge in [-0.25, -0.2) is 9.97 Å². The Balaban J connectivity index is 1.76. The lowest BCUT2D eigenvalue weighted by atomic mass is 10.1. The molecule has 0 bridgehead atoms. The number of piperazine rings is 1. The molecule has 5 rings (SSSR count). The van der Waals surface area contributed by atoms with Crippen molar-refractivity contribution in [2.24, 2.45) is 0 Å². The highest BCUT2D eigenvalue weighted by Gasteiger charge is 2.37. The summed E-state index contributed by atoms with van der Waals surface area (Å²) in [6.45, 7) is 4.84. The lowest BCUT2D eigenvalue weighted by Crippen LogP contribution is -2.44. The van der Waals surface area contributed by atoms with E-state index in [2.05, 4.69) is 20.2 Å². The maximum absolute atomic E-state index is 14.0. The predicted molar refractivity (Wildman–Crippen MR) is 120 cm³/mol. The Bertz CT molecular complexity index is 1260. The van der Waals surface area contributed by atoms with Crippen LogP contribution in [0.3, 0.4) is 0 Å². The summed E-state index contributed by atoms with van der Waals surface area (Å²) >= 11 is 6.08. The molecule has 9 heteroatoms. The molecular formula is C23H21ClF3N5. The molecule has 0 aliphatic carbocycles. The van der Waals surface area contributed by atoms with Crippen molar-refractivity contribution >= 4 is 33.5 Å². The summed E-state index contributed by atoms with van der Waals surface area (Å²) in [5.41, 5.74) is 0.291. The number of hydrogen-bond donors (Lipinski definition) is 1. The molecule has 5 nitrogen and oxygen atoms in total. The molecule has 0 amide bonds. The molecule has 1 fully saturated rings. The number of nitrogens with zero attached hydrogens (tertiary/aromatic N) is 4. The number of hydrogen-bond acceptors (Lipinski definition) is 4. The first kappa shape index (κ1) is 21.2. The van der Waals surface area contributed by atoms with Crippen LogP contribution < -0.4 is 5.32 Å². The van der Waals surface area contributed by atoms with Gasteiger partial charge in [0.1, 0.15) is 11.3 Å². The van der Waals surface area contributed by atoms with E-state index in [4.69, 9.17) is 11.6 Å². The normalized spacial score (nSPS) is 15.6. The quantitative estimate of drug-likeness (QED) is 0.475. The minimum absolute atomic E-state index is 0.133. The van der Waals surface area contributed by atoms with Gasteiger partial charge in [0.15, 0.2) is 5.69 Å². The van der Waals surface area contributed by atoms with Crippen LogP contribution in [0, 0.1) is 0 Å². The van der Waals surface area contributed by atoms with Gasteiger partial charge in [0.25, 0.3) is 0 Å². The fourth-order valence-corrected chi connectivity index (χ4v) is 4.43. The molecular weight excluding hydrogens is 439 g/mol. The van der Waals surface area contributed by atoms with Crippen LogP contribution in [0.5, 0.6) is 0 Å². The first-order valence-corrected chi connectivity index (χ1v) is 10.8. The summed E-state index contributed by atoms with van der Waals surface area (Å²) in [5.74, 6) is 0.505. The van der Waals surface area contributed by atoms with E-state index in [1.165, 1.54) is 6.07 Å². The van der Waals surface area contributed by atoms with Crippen LogP contribution in [0.2, 0.25) is 5.02 Å². The smallest absolute Gasteiger partial charge is 0.322 e. The van der Waals surface area contributed by atoms with Gasteiger partial charge in [-0.3, -0.25) is 4.90 Å². The molecule has 0 atom stereocenters. The van der Waals surface area contributed by atoms with E-state index in [9.17, 15) is 13.2 Å². The minimum atomic E-state index is -4.64. The van der Waals surface area contributed by atoms with Crippen molar-refractivity contribution in [2.75, 3.05) is 32.7 Å². The van der Waals surface area contributed by atoms with Gasteiger partial charge in [0, 0.05) is 55.2 Å². The maximum atomic E-state index is 14.0. The number of alkyl halides is 3. The van der Waals surface area contributed by atoms with Gasteiger partial charge in [0.2, 0.25) is 0 Å². The molecule has 0 spiro atoms. The number of halogens is 4. The van der Waals surface area contributed by atoms with E-state index in [0.717, 1.165) is 31.7 Å². The Hall–Kier alpha value is -2.68. The summed E-state index contributed by atoms with van der Waals surface area (Å²) in [5, 5.41) is 4.27. The summed E-state index contributed by atoms with van der Waals surface area (Å²) in [6, 6.07) is 14.2. The van der Waals surface area contributed by atoms with Gasteiger partial charge in [-0.05, 0) is 18.2 Å². The number of pyridine rings is 1. The van der Waals surface area contributed by atoms with Crippen molar-refractivity contribution < 1.29 is 13.2 Å². The zero-order valence-corrected chi connectivity index (χ0v) is 17.9. The number of aromatic nitrogens is 3. The average molecular weight is 460 g/mol. The van der Waals surface area contributed by atoms with E-state index >= 15 is 0 Å². The summed E-state index contributed by atoms with van der Waals surface area (Å²) in [6.07, 6.45) is -4.64. The summed E-state index contributed by atoms with van der Waals surface area (Å²) in [4.78, 5) is 10.7. The zero-order chi connectivity index (χ0) is 22.3. The first-order valence-electron chi connectivity index (χ1n) is 10.5. The van der Waals surface area contributed by atoms with Gasteiger partial charge in [-0.15, -0.1) is 0 Å². The van der Waals surface area contributed by atoms with E-state index in [0.29, 0.717) is 34.8 Å². The largest absolute Gasteiger partial charge is 0.435 e. The van der Waals surface area contributed by atoms with Crippen molar-refractivity contribution in [3.05, 3.63) is 59.2 Å². The van der Waals surface area contributed by atoms with Crippen LogP contribution in [0.25, 0.3) is 33.3 Å². The van der Waals surface area contributed by atoms with Crippen LogP contribution >= 0.6 is 11.6 Å². The molecule has 0 unspecified atom stereocenters. The minimum Gasteiger partial charge on any atom is -0.322 e. The van der Waals surface area contributed by atoms with Gasteiger partial charge in [-0.2, -0.15) is 13.2 Å². The third-order valence-corrected chi connectivity index (χ3v) is 6.02. The molecule has 32 heavy (non-hydrogen) atoms. The van der Waals surface area contributed by atoms with Crippen molar-refractivity contribution in [3.8, 4) is 11.4 Å². The van der Waals surface area contributed by atoms with Gasteiger partial charge in [-0.1, -0.05) is 41.9 Å². The maximum Gasteiger partial charge on any atom is 0.435 e. The monoisotopic (exact) mass is 459 g/mol. The van der Waals surface area contributed by atoms with Gasteiger partial charge >= 0.3 is 6.18 Å². The topological polar surface area (TPSA) is 46.0 Å². The van der Waals surface area contributed by atoms with Gasteiger partial charge in [0.05, 0.1) is 11.0 Å². The first-order chi connectivity index (χ1) is 15.4. The van der Waals surface area contributed by atoms with E-state index < -0.39 is 11.9 Å². The Morgan fingerprint density at radius 2 is 1.72 bits per heavy atom. The molecule has 1 aliphatic heterocycles. The summed E-state index contributed by atoms with van der Waals surface area (Å²) in [7, 11) is 0. The average Bonchev–Trinajstić information content (AvgIpc) is 3.17. The molecule has 0 radical (unpaired) electrons. The van der Waals surface area contributed by atoms with E-state index in [-0.39, 0.29) is 11.0 Å². The predicted octanol–water partition coefficient (Wildman–Crippen LogP) is 4.83. The molecule has 0 saturated carbocycles. The van der Waals surface area contributed by atoms with Crippen molar-refractivity contribution in [1.29, 1.82) is 0 Å².